The maximum absolute atomic E-state index is 13.0. The fourth-order valence-corrected chi connectivity index (χ4v) is 1.50. The highest BCUT2D eigenvalue weighted by molar-refractivity contribution is 6.33. The Hall–Kier alpha value is -2.01. The largest absolute Gasteiger partial charge is 0.306 e. The normalized spacial score (nSPS) is 10.2. The molecule has 0 saturated carbocycles. The third-order valence-electron chi connectivity index (χ3n) is 2.20. The van der Waals surface area contributed by atoms with Gasteiger partial charge in [0.25, 0.3) is 5.91 Å². The molecule has 92 valence electrons. The van der Waals surface area contributed by atoms with Crippen LogP contribution in [0.5, 0.6) is 0 Å². The number of amides is 1. The summed E-state index contributed by atoms with van der Waals surface area (Å²) in [6.07, 6.45) is 2.56. The molecule has 2 heterocycles. The van der Waals surface area contributed by atoms with E-state index >= 15 is 0 Å². The van der Waals surface area contributed by atoms with Crippen LogP contribution in [0.3, 0.4) is 0 Å². The first-order chi connectivity index (χ1) is 8.56. The Morgan fingerprint density at radius 2 is 2.11 bits per heavy atom. The van der Waals surface area contributed by atoms with Crippen LogP contribution < -0.4 is 5.32 Å². The minimum Gasteiger partial charge on any atom is -0.306 e. The highest BCUT2D eigenvalue weighted by Crippen LogP contribution is 2.15. The summed E-state index contributed by atoms with van der Waals surface area (Å²) >= 11 is 5.72. The monoisotopic (exact) mass is 265 g/mol. The second kappa shape index (κ2) is 5.10. The number of carbonyl (C=O) groups is 1. The lowest BCUT2D eigenvalue weighted by atomic mass is 10.2. The summed E-state index contributed by atoms with van der Waals surface area (Å²) in [5.74, 6) is -0.810. The maximum Gasteiger partial charge on any atom is 0.260 e. The fraction of sp³-hybridized carbons (Fsp3) is 0.0833. The van der Waals surface area contributed by atoms with Crippen LogP contribution in [0.1, 0.15) is 15.9 Å². The van der Waals surface area contributed by atoms with Gasteiger partial charge in [-0.15, -0.1) is 0 Å². The topological polar surface area (TPSA) is 54.9 Å². The summed E-state index contributed by atoms with van der Waals surface area (Å²) in [6.45, 7) is 1.88. The van der Waals surface area contributed by atoms with E-state index in [0.29, 0.717) is 5.82 Å². The second-order valence-electron chi connectivity index (χ2n) is 3.67. The van der Waals surface area contributed by atoms with Crippen molar-refractivity contribution in [3.63, 3.8) is 0 Å². The molecule has 4 nitrogen and oxygen atoms in total. The van der Waals surface area contributed by atoms with Crippen LogP contribution in [0.25, 0.3) is 0 Å². The van der Waals surface area contributed by atoms with Crippen LogP contribution in [0, 0.1) is 12.7 Å². The van der Waals surface area contributed by atoms with Crippen molar-refractivity contribution in [2.75, 3.05) is 5.32 Å². The fourth-order valence-electron chi connectivity index (χ4n) is 1.31. The summed E-state index contributed by atoms with van der Waals surface area (Å²) in [7, 11) is 0. The zero-order chi connectivity index (χ0) is 13.1. The first-order valence-corrected chi connectivity index (χ1v) is 5.49. The van der Waals surface area contributed by atoms with E-state index in [1.165, 1.54) is 0 Å². The first kappa shape index (κ1) is 12.4. The predicted molar refractivity (Wildman–Crippen MR) is 66.1 cm³/mol. The van der Waals surface area contributed by atoms with Crippen molar-refractivity contribution in [3.8, 4) is 0 Å². The molecule has 6 heteroatoms. The first-order valence-electron chi connectivity index (χ1n) is 5.11. The van der Waals surface area contributed by atoms with Crippen LogP contribution in [0.4, 0.5) is 10.2 Å². The van der Waals surface area contributed by atoms with E-state index in [2.05, 4.69) is 15.3 Å². The molecule has 2 rings (SSSR count). The van der Waals surface area contributed by atoms with E-state index in [1.807, 2.05) is 6.92 Å². The lowest BCUT2D eigenvalue weighted by Crippen LogP contribution is -2.14. The van der Waals surface area contributed by atoms with Crippen molar-refractivity contribution in [3.05, 3.63) is 52.7 Å². The van der Waals surface area contributed by atoms with Crippen LogP contribution >= 0.6 is 11.6 Å². The Labute approximate surface area is 108 Å². The number of halogens is 2. The zero-order valence-electron chi connectivity index (χ0n) is 9.45. The van der Waals surface area contributed by atoms with Crippen LogP contribution in [0.15, 0.2) is 30.6 Å². The zero-order valence-corrected chi connectivity index (χ0v) is 10.2. The van der Waals surface area contributed by atoms with E-state index in [0.717, 1.165) is 17.8 Å². The van der Waals surface area contributed by atoms with Crippen molar-refractivity contribution in [1.29, 1.82) is 0 Å². The number of carbonyl (C=O) groups excluding carboxylic acids is 1. The molecule has 2 aromatic rings. The molecule has 0 spiro atoms. The second-order valence-corrected chi connectivity index (χ2v) is 4.02. The summed E-state index contributed by atoms with van der Waals surface area (Å²) in [4.78, 5) is 19.4. The van der Waals surface area contributed by atoms with Gasteiger partial charge in [0.05, 0.1) is 11.8 Å². The SMILES string of the molecule is Cc1ccc(NC(=O)c2cc(F)cnc2Cl)nc1. The predicted octanol–water partition coefficient (Wildman–Crippen LogP) is 2.83. The maximum atomic E-state index is 13.0. The van der Waals surface area contributed by atoms with Gasteiger partial charge in [-0.2, -0.15) is 0 Å². The molecule has 0 radical (unpaired) electrons. The van der Waals surface area contributed by atoms with Gasteiger partial charge in [-0.1, -0.05) is 17.7 Å². The van der Waals surface area contributed by atoms with Crippen LogP contribution in [-0.2, 0) is 0 Å². The van der Waals surface area contributed by atoms with E-state index < -0.39 is 11.7 Å². The third-order valence-corrected chi connectivity index (χ3v) is 2.50. The number of anilines is 1. The molecule has 0 aromatic carbocycles. The molecule has 0 fully saturated rings. The number of rotatable bonds is 2. The van der Waals surface area contributed by atoms with Gasteiger partial charge in [0, 0.05) is 6.20 Å². The standard InChI is InChI=1S/C12H9ClFN3O/c1-7-2-3-10(15-5-7)17-12(18)9-4-8(14)6-16-11(9)13/h2-6H,1H3,(H,15,17,18). The Morgan fingerprint density at radius 1 is 1.33 bits per heavy atom. The van der Waals surface area contributed by atoms with Gasteiger partial charge >= 0.3 is 0 Å². The van der Waals surface area contributed by atoms with Crippen molar-refractivity contribution in [2.24, 2.45) is 0 Å². The molecule has 0 saturated heterocycles. The lowest BCUT2D eigenvalue weighted by molar-refractivity contribution is 0.102. The highest BCUT2D eigenvalue weighted by atomic mass is 35.5. The summed E-state index contributed by atoms with van der Waals surface area (Å²) in [5.41, 5.74) is 0.942. The number of nitrogens with one attached hydrogen (secondary N) is 1. The smallest absolute Gasteiger partial charge is 0.260 e. The molecular weight excluding hydrogens is 257 g/mol. The molecule has 18 heavy (non-hydrogen) atoms. The molecule has 0 atom stereocenters. The van der Waals surface area contributed by atoms with Gasteiger partial charge in [-0.25, -0.2) is 14.4 Å². The van der Waals surface area contributed by atoms with Crippen molar-refractivity contribution >= 4 is 23.3 Å². The average Bonchev–Trinajstić information content (AvgIpc) is 2.35. The average molecular weight is 266 g/mol. The van der Waals surface area contributed by atoms with Gasteiger partial charge in [0.15, 0.2) is 0 Å². The Balaban J connectivity index is 2.21. The number of hydrogen-bond donors (Lipinski definition) is 1. The molecule has 2 aromatic heterocycles. The summed E-state index contributed by atoms with van der Waals surface area (Å²) < 4.78 is 13.0. The van der Waals surface area contributed by atoms with Gasteiger partial charge < -0.3 is 5.32 Å². The van der Waals surface area contributed by atoms with Crippen molar-refractivity contribution < 1.29 is 9.18 Å². The summed E-state index contributed by atoms with van der Waals surface area (Å²) in [5, 5.41) is 2.46. The highest BCUT2D eigenvalue weighted by Gasteiger charge is 2.13. The van der Waals surface area contributed by atoms with Gasteiger partial charge in [0.2, 0.25) is 0 Å². The van der Waals surface area contributed by atoms with Gasteiger partial charge in [0.1, 0.15) is 16.8 Å². The molecule has 0 aliphatic rings. The lowest BCUT2D eigenvalue weighted by Gasteiger charge is -2.05. The Bertz CT molecular complexity index is 586. The molecule has 0 aliphatic heterocycles. The number of aryl methyl sites for hydroxylation is 1. The van der Waals surface area contributed by atoms with E-state index in [1.54, 1.807) is 18.3 Å². The molecule has 1 N–H and O–H groups in total. The van der Waals surface area contributed by atoms with Crippen LogP contribution in [-0.4, -0.2) is 15.9 Å². The molecule has 1 amide bonds. The summed E-state index contributed by atoms with van der Waals surface area (Å²) in [6, 6.07) is 4.47. The van der Waals surface area contributed by atoms with E-state index in [9.17, 15) is 9.18 Å². The molecule has 0 aliphatic carbocycles. The minimum atomic E-state index is -0.624. The Morgan fingerprint density at radius 3 is 2.78 bits per heavy atom. The number of hydrogen-bond acceptors (Lipinski definition) is 3. The number of nitrogens with zero attached hydrogens (tertiary/aromatic N) is 2. The Kier molecular flexibility index (Phi) is 3.53. The molecule has 0 bridgehead atoms. The quantitative estimate of drug-likeness (QED) is 0.850. The van der Waals surface area contributed by atoms with Crippen LogP contribution in [0.2, 0.25) is 5.15 Å². The number of aromatic nitrogens is 2. The third kappa shape index (κ3) is 2.81. The van der Waals surface area contributed by atoms with Crippen molar-refractivity contribution in [2.45, 2.75) is 6.92 Å². The van der Waals surface area contributed by atoms with Crippen molar-refractivity contribution in [1.82, 2.24) is 9.97 Å². The van der Waals surface area contributed by atoms with Gasteiger partial charge in [-0.05, 0) is 24.6 Å². The number of pyridine rings is 2. The van der Waals surface area contributed by atoms with E-state index in [4.69, 9.17) is 11.6 Å². The molecular formula is C12H9ClFN3O. The van der Waals surface area contributed by atoms with Gasteiger partial charge in [-0.3, -0.25) is 4.79 Å². The molecule has 0 unspecified atom stereocenters. The minimum absolute atomic E-state index is 0.0287. The van der Waals surface area contributed by atoms with E-state index in [-0.39, 0.29) is 10.7 Å².